The molecular formula is C20H18N4O4S. The molecule has 0 saturated carbocycles. The molecule has 0 unspecified atom stereocenters. The van der Waals surface area contributed by atoms with Gasteiger partial charge in [0.25, 0.3) is 11.6 Å². The Morgan fingerprint density at radius 1 is 1.00 bits per heavy atom. The Morgan fingerprint density at radius 3 is 2.24 bits per heavy atom. The van der Waals surface area contributed by atoms with Crippen molar-refractivity contribution >= 4 is 40.3 Å². The number of nitro benzene ring substituents is 1. The number of amidine groups is 1. The maximum atomic E-state index is 12.3. The summed E-state index contributed by atoms with van der Waals surface area (Å²) in [5, 5.41) is 20.9. The number of aromatic hydroxyl groups is 1. The number of phenolic OH excluding ortho intramolecular Hbond substituents is 1. The Labute approximate surface area is 171 Å². The Morgan fingerprint density at radius 2 is 1.62 bits per heavy atom. The van der Waals surface area contributed by atoms with Crippen LogP contribution in [0.3, 0.4) is 0 Å². The number of benzene rings is 2. The predicted molar refractivity (Wildman–Crippen MR) is 113 cm³/mol. The molecule has 0 radical (unpaired) electrons. The highest BCUT2D eigenvalue weighted by Gasteiger charge is 2.28. The van der Waals surface area contributed by atoms with Gasteiger partial charge in [0.1, 0.15) is 5.75 Å². The van der Waals surface area contributed by atoms with Gasteiger partial charge in [-0.15, -0.1) is 0 Å². The van der Waals surface area contributed by atoms with E-state index >= 15 is 0 Å². The van der Waals surface area contributed by atoms with Gasteiger partial charge in [0.15, 0.2) is 5.17 Å². The standard InChI is InChI=1S/C20H18N4O4S/c25-17-7-1-14(2-8-17)13-18-19(26)21-20(29-18)23-11-9-22(10-12-23)15-3-5-16(6-4-15)24(27)28/h1-8,13,25H,9-12H2/b18-13+. The van der Waals surface area contributed by atoms with Crippen molar-refractivity contribution in [3.8, 4) is 5.75 Å². The Balaban J connectivity index is 1.37. The smallest absolute Gasteiger partial charge is 0.286 e. The molecule has 2 aliphatic heterocycles. The van der Waals surface area contributed by atoms with E-state index in [9.17, 15) is 20.0 Å². The molecular weight excluding hydrogens is 392 g/mol. The number of phenols is 1. The van der Waals surface area contributed by atoms with E-state index in [2.05, 4.69) is 14.8 Å². The third-order valence-corrected chi connectivity index (χ3v) is 5.82. The Bertz CT molecular complexity index is 994. The highest BCUT2D eigenvalue weighted by molar-refractivity contribution is 8.18. The molecule has 8 nitrogen and oxygen atoms in total. The molecule has 2 aliphatic rings. The van der Waals surface area contributed by atoms with Crippen LogP contribution in [0.2, 0.25) is 0 Å². The van der Waals surface area contributed by atoms with Crippen molar-refractivity contribution in [1.29, 1.82) is 0 Å². The monoisotopic (exact) mass is 410 g/mol. The highest BCUT2D eigenvalue weighted by Crippen LogP contribution is 2.31. The van der Waals surface area contributed by atoms with Crippen LogP contribution in [0.1, 0.15) is 5.56 Å². The third kappa shape index (κ3) is 4.24. The molecule has 0 spiro atoms. The van der Waals surface area contributed by atoms with Crippen LogP contribution >= 0.6 is 11.8 Å². The second kappa shape index (κ2) is 7.96. The van der Waals surface area contributed by atoms with Crippen molar-refractivity contribution in [3.05, 3.63) is 69.1 Å². The van der Waals surface area contributed by atoms with Crippen LogP contribution in [-0.2, 0) is 4.79 Å². The molecule has 1 fully saturated rings. The van der Waals surface area contributed by atoms with Gasteiger partial charge in [-0.2, -0.15) is 4.99 Å². The molecule has 1 amide bonds. The zero-order valence-corrected chi connectivity index (χ0v) is 16.2. The molecule has 29 heavy (non-hydrogen) atoms. The lowest BCUT2D eigenvalue weighted by molar-refractivity contribution is -0.384. The Hall–Kier alpha value is -3.33. The van der Waals surface area contributed by atoms with Gasteiger partial charge >= 0.3 is 0 Å². The molecule has 0 aliphatic carbocycles. The Kier molecular flexibility index (Phi) is 5.22. The van der Waals surface area contributed by atoms with Gasteiger partial charge in [-0.3, -0.25) is 14.9 Å². The highest BCUT2D eigenvalue weighted by atomic mass is 32.2. The molecule has 4 rings (SSSR count). The number of piperazine rings is 1. The summed E-state index contributed by atoms with van der Waals surface area (Å²) in [5.74, 6) is -0.0729. The maximum Gasteiger partial charge on any atom is 0.286 e. The molecule has 2 aromatic carbocycles. The van der Waals surface area contributed by atoms with Gasteiger partial charge in [0.2, 0.25) is 0 Å². The fourth-order valence-electron chi connectivity index (χ4n) is 3.20. The van der Waals surface area contributed by atoms with E-state index in [4.69, 9.17) is 0 Å². The largest absolute Gasteiger partial charge is 0.508 e. The lowest BCUT2D eigenvalue weighted by atomic mass is 10.2. The number of anilines is 1. The number of carbonyl (C=O) groups is 1. The number of nitrogens with zero attached hydrogens (tertiary/aromatic N) is 4. The second-order valence-corrected chi connectivity index (χ2v) is 7.66. The summed E-state index contributed by atoms with van der Waals surface area (Å²) in [6, 6.07) is 13.2. The normalized spacial score (nSPS) is 18.3. The first kappa shape index (κ1) is 19.0. The summed E-state index contributed by atoms with van der Waals surface area (Å²) in [7, 11) is 0. The first-order valence-electron chi connectivity index (χ1n) is 9.05. The van der Waals surface area contributed by atoms with Gasteiger partial charge in [-0.05, 0) is 47.7 Å². The molecule has 0 aromatic heterocycles. The number of hydrogen-bond acceptors (Lipinski definition) is 7. The number of non-ortho nitro benzene ring substituents is 1. The van der Waals surface area contributed by atoms with Crippen LogP contribution in [0.5, 0.6) is 5.75 Å². The number of amides is 1. The quantitative estimate of drug-likeness (QED) is 0.471. The number of aliphatic imine (C=N–C) groups is 1. The van der Waals surface area contributed by atoms with Crippen LogP contribution in [-0.4, -0.2) is 52.2 Å². The van der Waals surface area contributed by atoms with Crippen LogP contribution in [0.15, 0.2) is 58.4 Å². The number of carbonyl (C=O) groups excluding carboxylic acids is 1. The molecule has 148 valence electrons. The van der Waals surface area contributed by atoms with E-state index in [0.717, 1.165) is 24.3 Å². The molecule has 2 aromatic rings. The zero-order valence-electron chi connectivity index (χ0n) is 15.4. The second-order valence-electron chi connectivity index (χ2n) is 6.65. The SMILES string of the molecule is O=C1N=C(N2CCN(c3ccc([N+](=O)[O-])cc3)CC2)S/C1=C/c1ccc(O)cc1. The number of hydrogen-bond donors (Lipinski definition) is 1. The number of rotatable bonds is 3. The van der Waals surface area contributed by atoms with E-state index in [1.807, 2.05) is 0 Å². The molecule has 2 heterocycles. The predicted octanol–water partition coefficient (Wildman–Crippen LogP) is 3.09. The molecule has 9 heteroatoms. The lowest BCUT2D eigenvalue weighted by Crippen LogP contribution is -2.47. The van der Waals surface area contributed by atoms with Crippen LogP contribution in [0.4, 0.5) is 11.4 Å². The van der Waals surface area contributed by atoms with Crippen molar-refractivity contribution in [1.82, 2.24) is 4.90 Å². The van der Waals surface area contributed by atoms with Crippen molar-refractivity contribution in [2.75, 3.05) is 31.1 Å². The summed E-state index contributed by atoms with van der Waals surface area (Å²) in [6.45, 7) is 2.90. The van der Waals surface area contributed by atoms with Gasteiger partial charge < -0.3 is 14.9 Å². The minimum absolute atomic E-state index is 0.0792. The van der Waals surface area contributed by atoms with Crippen molar-refractivity contribution < 1.29 is 14.8 Å². The minimum Gasteiger partial charge on any atom is -0.508 e. The minimum atomic E-state index is -0.405. The van der Waals surface area contributed by atoms with Crippen molar-refractivity contribution in [3.63, 3.8) is 0 Å². The first-order chi connectivity index (χ1) is 14.0. The van der Waals surface area contributed by atoms with E-state index in [-0.39, 0.29) is 17.3 Å². The lowest BCUT2D eigenvalue weighted by Gasteiger charge is -2.36. The van der Waals surface area contributed by atoms with Crippen LogP contribution in [0.25, 0.3) is 6.08 Å². The fraction of sp³-hybridized carbons (Fsp3) is 0.200. The van der Waals surface area contributed by atoms with E-state index < -0.39 is 4.92 Å². The summed E-state index contributed by atoms with van der Waals surface area (Å²) < 4.78 is 0. The number of nitro groups is 1. The average Bonchev–Trinajstić information content (AvgIpc) is 3.10. The molecule has 0 bridgehead atoms. The summed E-state index contributed by atoms with van der Waals surface area (Å²) in [5.41, 5.74) is 1.86. The van der Waals surface area contributed by atoms with E-state index in [1.165, 1.54) is 23.9 Å². The topological polar surface area (TPSA) is 99.3 Å². The van der Waals surface area contributed by atoms with Crippen LogP contribution in [0, 0.1) is 10.1 Å². The average molecular weight is 410 g/mol. The zero-order chi connectivity index (χ0) is 20.4. The van der Waals surface area contributed by atoms with Gasteiger partial charge in [0.05, 0.1) is 9.83 Å². The van der Waals surface area contributed by atoms with Gasteiger partial charge in [-0.25, -0.2) is 0 Å². The van der Waals surface area contributed by atoms with Gasteiger partial charge in [-0.1, -0.05) is 12.1 Å². The summed E-state index contributed by atoms with van der Waals surface area (Å²) >= 11 is 1.36. The van der Waals surface area contributed by atoms with Gasteiger partial charge in [0, 0.05) is 44.0 Å². The molecule has 1 saturated heterocycles. The third-order valence-electron chi connectivity index (χ3n) is 4.78. The van der Waals surface area contributed by atoms with E-state index in [1.54, 1.807) is 42.5 Å². The fourth-order valence-corrected chi connectivity index (χ4v) is 4.16. The van der Waals surface area contributed by atoms with Crippen LogP contribution < -0.4 is 4.90 Å². The number of thioether (sulfide) groups is 1. The van der Waals surface area contributed by atoms with Crippen molar-refractivity contribution in [2.45, 2.75) is 0 Å². The van der Waals surface area contributed by atoms with E-state index in [0.29, 0.717) is 23.2 Å². The molecule has 1 N–H and O–H groups in total. The summed E-state index contributed by atoms with van der Waals surface area (Å²) in [6.07, 6.45) is 1.77. The summed E-state index contributed by atoms with van der Waals surface area (Å²) in [4.78, 5) is 31.6. The first-order valence-corrected chi connectivity index (χ1v) is 9.87. The maximum absolute atomic E-state index is 12.3. The van der Waals surface area contributed by atoms with Crippen molar-refractivity contribution in [2.24, 2.45) is 4.99 Å². The molecule has 0 atom stereocenters.